The van der Waals surface area contributed by atoms with Gasteiger partial charge in [-0.2, -0.15) is 0 Å². The van der Waals surface area contributed by atoms with Gasteiger partial charge >= 0.3 is 0 Å². The van der Waals surface area contributed by atoms with Gasteiger partial charge in [0.1, 0.15) is 12.4 Å². The largest absolute Gasteiger partial charge is 0.485 e. The first-order chi connectivity index (χ1) is 5.77. The second kappa shape index (κ2) is 2.90. The number of fused-ring (bicyclic) bond motifs is 1. The van der Waals surface area contributed by atoms with Crippen LogP contribution in [0.5, 0.6) is 5.75 Å². The van der Waals surface area contributed by atoms with Crippen molar-refractivity contribution in [2.75, 3.05) is 6.61 Å². The van der Waals surface area contributed by atoms with Gasteiger partial charge in [-0.3, -0.25) is 4.79 Å². The van der Waals surface area contributed by atoms with Crippen molar-refractivity contribution >= 4 is 21.7 Å². The van der Waals surface area contributed by atoms with Gasteiger partial charge in [-0.05, 0) is 12.1 Å². The Morgan fingerprint density at radius 3 is 3.08 bits per heavy atom. The first kappa shape index (κ1) is 7.80. The molecule has 0 spiro atoms. The highest BCUT2D eigenvalue weighted by atomic mass is 79.9. The van der Waals surface area contributed by atoms with Crippen LogP contribution in [-0.4, -0.2) is 12.4 Å². The fraction of sp³-hybridized carbons (Fsp3) is 0.222. The third-order valence-corrected chi connectivity index (χ3v) is 2.58. The maximum absolute atomic E-state index is 11.0. The van der Waals surface area contributed by atoms with Crippen molar-refractivity contribution in [2.24, 2.45) is 0 Å². The summed E-state index contributed by atoms with van der Waals surface area (Å²) in [6.07, 6.45) is 0.483. The molecule has 1 heterocycles. The van der Waals surface area contributed by atoms with E-state index in [1.54, 1.807) is 0 Å². The Labute approximate surface area is 78.7 Å². The minimum absolute atomic E-state index is 0.134. The summed E-state index contributed by atoms with van der Waals surface area (Å²) in [6, 6.07) is 5.70. The Hall–Kier alpha value is -0.830. The SMILES string of the molecule is O=C1COc2cccc(Br)c2C1. The van der Waals surface area contributed by atoms with E-state index in [-0.39, 0.29) is 12.4 Å². The number of carbonyl (C=O) groups is 1. The molecule has 0 N–H and O–H groups in total. The Balaban J connectivity index is 2.50. The molecule has 1 aliphatic rings. The third-order valence-electron chi connectivity index (χ3n) is 1.84. The zero-order valence-electron chi connectivity index (χ0n) is 6.34. The van der Waals surface area contributed by atoms with E-state index in [1.165, 1.54) is 0 Å². The fourth-order valence-corrected chi connectivity index (χ4v) is 1.74. The summed E-state index contributed by atoms with van der Waals surface area (Å²) in [5.74, 6) is 0.957. The third kappa shape index (κ3) is 1.25. The maximum Gasteiger partial charge on any atom is 0.174 e. The minimum Gasteiger partial charge on any atom is -0.485 e. The molecule has 62 valence electrons. The zero-order valence-corrected chi connectivity index (χ0v) is 7.93. The fourth-order valence-electron chi connectivity index (χ4n) is 1.25. The highest BCUT2D eigenvalue weighted by molar-refractivity contribution is 9.10. The quantitative estimate of drug-likeness (QED) is 0.677. The molecule has 0 fully saturated rings. The average molecular weight is 227 g/mol. The number of halogens is 1. The highest BCUT2D eigenvalue weighted by Gasteiger charge is 2.18. The van der Waals surface area contributed by atoms with Crippen LogP contribution in [0.1, 0.15) is 5.56 Å². The standard InChI is InChI=1S/C9H7BrO2/c10-8-2-1-3-9-7(8)4-6(11)5-12-9/h1-3H,4-5H2. The molecule has 0 saturated carbocycles. The van der Waals surface area contributed by atoms with Crippen molar-refractivity contribution < 1.29 is 9.53 Å². The molecule has 1 aliphatic heterocycles. The molecule has 0 bridgehead atoms. The lowest BCUT2D eigenvalue weighted by Crippen LogP contribution is -2.20. The van der Waals surface area contributed by atoms with Gasteiger partial charge in [0, 0.05) is 16.5 Å². The van der Waals surface area contributed by atoms with Crippen LogP contribution >= 0.6 is 15.9 Å². The Morgan fingerprint density at radius 1 is 1.42 bits per heavy atom. The molecule has 1 aromatic carbocycles. The van der Waals surface area contributed by atoms with E-state index in [9.17, 15) is 4.79 Å². The summed E-state index contributed by atoms with van der Waals surface area (Å²) in [5, 5.41) is 0. The molecule has 2 nitrogen and oxygen atoms in total. The number of ketones is 1. The number of rotatable bonds is 0. The number of hydrogen-bond donors (Lipinski definition) is 0. The van der Waals surface area contributed by atoms with Gasteiger partial charge in [0.15, 0.2) is 5.78 Å². The topological polar surface area (TPSA) is 26.3 Å². The molecule has 12 heavy (non-hydrogen) atoms. The second-order valence-electron chi connectivity index (χ2n) is 2.72. The van der Waals surface area contributed by atoms with Crippen molar-refractivity contribution in [3.05, 3.63) is 28.2 Å². The van der Waals surface area contributed by atoms with Crippen molar-refractivity contribution in [2.45, 2.75) is 6.42 Å². The lowest BCUT2D eigenvalue weighted by Gasteiger charge is -2.16. The minimum atomic E-state index is 0.134. The molecule has 0 unspecified atom stereocenters. The van der Waals surface area contributed by atoms with Crippen LogP contribution in [-0.2, 0) is 11.2 Å². The van der Waals surface area contributed by atoms with Crippen molar-refractivity contribution in [3.8, 4) is 5.75 Å². The molecule has 0 aromatic heterocycles. The molecule has 0 saturated heterocycles. The number of carbonyl (C=O) groups excluding carboxylic acids is 1. The van der Waals surface area contributed by atoms with Crippen LogP contribution in [0, 0.1) is 0 Å². The molecule has 0 aliphatic carbocycles. The van der Waals surface area contributed by atoms with Crippen molar-refractivity contribution in [1.82, 2.24) is 0 Å². The maximum atomic E-state index is 11.0. The molecule has 2 rings (SSSR count). The smallest absolute Gasteiger partial charge is 0.174 e. The van der Waals surface area contributed by atoms with Crippen LogP contribution < -0.4 is 4.74 Å². The Morgan fingerprint density at radius 2 is 2.25 bits per heavy atom. The average Bonchev–Trinajstić information content (AvgIpc) is 2.07. The summed E-state index contributed by atoms with van der Waals surface area (Å²) in [4.78, 5) is 11.0. The van der Waals surface area contributed by atoms with E-state index in [0.29, 0.717) is 6.42 Å². The van der Waals surface area contributed by atoms with Crippen LogP contribution in [0.3, 0.4) is 0 Å². The van der Waals surface area contributed by atoms with Crippen molar-refractivity contribution in [1.29, 1.82) is 0 Å². The summed E-state index contributed by atoms with van der Waals surface area (Å²) in [6.45, 7) is 0.212. The van der Waals surface area contributed by atoms with Crippen LogP contribution in [0.2, 0.25) is 0 Å². The van der Waals surface area contributed by atoms with Gasteiger partial charge in [-0.1, -0.05) is 22.0 Å². The van der Waals surface area contributed by atoms with Gasteiger partial charge < -0.3 is 4.74 Å². The van der Waals surface area contributed by atoms with E-state index in [0.717, 1.165) is 15.8 Å². The molecule has 0 amide bonds. The zero-order chi connectivity index (χ0) is 8.55. The second-order valence-corrected chi connectivity index (χ2v) is 3.57. The lowest BCUT2D eigenvalue weighted by molar-refractivity contribution is -0.121. The van der Waals surface area contributed by atoms with Gasteiger partial charge in [0.25, 0.3) is 0 Å². The van der Waals surface area contributed by atoms with Gasteiger partial charge in [-0.15, -0.1) is 0 Å². The number of Topliss-reactive ketones (excluding diaryl/α,β-unsaturated/α-hetero) is 1. The molecular weight excluding hydrogens is 220 g/mol. The predicted molar refractivity (Wildman–Crippen MR) is 48.3 cm³/mol. The summed E-state index contributed by atoms with van der Waals surface area (Å²) >= 11 is 3.38. The summed E-state index contributed by atoms with van der Waals surface area (Å²) < 4.78 is 6.19. The van der Waals surface area contributed by atoms with E-state index in [1.807, 2.05) is 18.2 Å². The predicted octanol–water partition coefficient (Wildman–Crippen LogP) is 1.95. The number of benzene rings is 1. The van der Waals surface area contributed by atoms with Crippen LogP contribution in [0.15, 0.2) is 22.7 Å². The number of ether oxygens (including phenoxy) is 1. The lowest BCUT2D eigenvalue weighted by atomic mass is 10.1. The van der Waals surface area contributed by atoms with Gasteiger partial charge in [-0.25, -0.2) is 0 Å². The van der Waals surface area contributed by atoms with Gasteiger partial charge in [0.05, 0.1) is 0 Å². The normalized spacial score (nSPS) is 15.2. The van der Waals surface area contributed by atoms with E-state index < -0.39 is 0 Å². The van der Waals surface area contributed by atoms with Crippen LogP contribution in [0.25, 0.3) is 0 Å². The molecule has 0 radical (unpaired) electrons. The first-order valence-electron chi connectivity index (χ1n) is 3.69. The monoisotopic (exact) mass is 226 g/mol. The molecule has 1 aromatic rings. The first-order valence-corrected chi connectivity index (χ1v) is 4.48. The molecule has 0 atom stereocenters. The summed E-state index contributed by atoms with van der Waals surface area (Å²) in [5.41, 5.74) is 0.966. The van der Waals surface area contributed by atoms with E-state index in [4.69, 9.17) is 4.74 Å². The highest BCUT2D eigenvalue weighted by Crippen LogP contribution is 2.29. The van der Waals surface area contributed by atoms with Gasteiger partial charge in [0.2, 0.25) is 0 Å². The van der Waals surface area contributed by atoms with E-state index in [2.05, 4.69) is 15.9 Å². The van der Waals surface area contributed by atoms with E-state index >= 15 is 0 Å². The number of hydrogen-bond acceptors (Lipinski definition) is 2. The summed E-state index contributed by atoms with van der Waals surface area (Å²) in [7, 11) is 0. The van der Waals surface area contributed by atoms with Crippen LogP contribution in [0.4, 0.5) is 0 Å². The Kier molecular flexibility index (Phi) is 1.89. The Bertz CT molecular complexity index is 333. The molecule has 3 heteroatoms. The van der Waals surface area contributed by atoms with Crippen molar-refractivity contribution in [3.63, 3.8) is 0 Å². The molecular formula is C9H7BrO2.